The maximum absolute atomic E-state index is 12.7. The summed E-state index contributed by atoms with van der Waals surface area (Å²) in [4.78, 5) is 0. The Morgan fingerprint density at radius 2 is 1.94 bits per heavy atom. The van der Waals surface area contributed by atoms with Gasteiger partial charge in [-0.15, -0.1) is 0 Å². The number of nitrogens with zero attached hydrogens (tertiary/aromatic N) is 2. The van der Waals surface area contributed by atoms with Gasteiger partial charge in [0, 0.05) is 11.6 Å². The summed E-state index contributed by atoms with van der Waals surface area (Å²) in [6.45, 7) is 7.44. The van der Waals surface area contributed by atoms with Crippen LogP contribution in [0, 0.1) is 0 Å². The van der Waals surface area contributed by atoms with Gasteiger partial charge < -0.3 is 0 Å². The lowest BCUT2D eigenvalue weighted by molar-refractivity contribution is -0.142. The lowest BCUT2D eigenvalue weighted by atomic mass is 10.2. The molecule has 0 unspecified atom stereocenters. The minimum atomic E-state index is -4.37. The maximum Gasteiger partial charge on any atom is 0.435 e. The molecule has 16 heavy (non-hydrogen) atoms. The number of hydrogen-bond acceptors (Lipinski definition) is 1. The third-order valence-corrected chi connectivity index (χ3v) is 2.78. The zero-order valence-electron chi connectivity index (χ0n) is 9.23. The number of fused-ring (bicyclic) bond motifs is 1. The van der Waals surface area contributed by atoms with Crippen molar-refractivity contribution >= 4 is 5.57 Å². The first-order valence-corrected chi connectivity index (χ1v) is 5.19. The summed E-state index contributed by atoms with van der Waals surface area (Å²) in [5.41, 5.74) is 0.912. The maximum atomic E-state index is 12.7. The molecule has 1 aliphatic rings. The van der Waals surface area contributed by atoms with E-state index in [0.717, 1.165) is 5.57 Å². The Balaban J connectivity index is 2.64. The van der Waals surface area contributed by atoms with Gasteiger partial charge >= 0.3 is 6.18 Å². The number of aromatic nitrogens is 2. The second kappa shape index (κ2) is 3.37. The van der Waals surface area contributed by atoms with Crippen LogP contribution in [0.5, 0.6) is 0 Å². The second-order valence-corrected chi connectivity index (χ2v) is 4.32. The van der Waals surface area contributed by atoms with E-state index < -0.39 is 11.9 Å². The van der Waals surface area contributed by atoms with Crippen molar-refractivity contribution in [3.63, 3.8) is 0 Å². The van der Waals surface area contributed by atoms with E-state index in [4.69, 9.17) is 0 Å². The van der Waals surface area contributed by atoms with E-state index in [1.165, 1.54) is 4.68 Å². The van der Waals surface area contributed by atoms with Gasteiger partial charge in [-0.3, -0.25) is 4.68 Å². The van der Waals surface area contributed by atoms with Gasteiger partial charge in [0.25, 0.3) is 0 Å². The monoisotopic (exact) mass is 230 g/mol. The van der Waals surface area contributed by atoms with Crippen LogP contribution in [0.3, 0.4) is 0 Å². The fourth-order valence-corrected chi connectivity index (χ4v) is 2.08. The molecular formula is C11H13F3N2. The second-order valence-electron chi connectivity index (χ2n) is 4.32. The fourth-order valence-electron chi connectivity index (χ4n) is 2.08. The first-order valence-electron chi connectivity index (χ1n) is 5.19. The molecule has 0 bridgehead atoms. The lowest BCUT2D eigenvalue weighted by Gasteiger charge is -2.10. The molecule has 0 fully saturated rings. The minimum absolute atomic E-state index is 0.0836. The first kappa shape index (κ1) is 11.2. The van der Waals surface area contributed by atoms with E-state index in [-0.39, 0.29) is 6.04 Å². The molecule has 0 aliphatic heterocycles. The van der Waals surface area contributed by atoms with Crippen molar-refractivity contribution in [1.82, 2.24) is 9.78 Å². The topological polar surface area (TPSA) is 17.8 Å². The molecule has 1 heterocycles. The van der Waals surface area contributed by atoms with Crippen molar-refractivity contribution in [2.75, 3.05) is 0 Å². The van der Waals surface area contributed by atoms with E-state index in [0.29, 0.717) is 24.1 Å². The van der Waals surface area contributed by atoms with Crippen molar-refractivity contribution in [3.05, 3.63) is 23.5 Å². The Morgan fingerprint density at radius 1 is 1.31 bits per heavy atom. The number of allylic oxidation sites excluding steroid dienone is 1. The molecule has 0 amide bonds. The van der Waals surface area contributed by atoms with Crippen molar-refractivity contribution in [1.29, 1.82) is 0 Å². The molecule has 0 radical (unpaired) electrons. The number of alkyl halides is 3. The van der Waals surface area contributed by atoms with E-state index in [2.05, 4.69) is 11.7 Å². The summed E-state index contributed by atoms with van der Waals surface area (Å²) in [5, 5.41) is 3.68. The summed E-state index contributed by atoms with van der Waals surface area (Å²) in [6, 6.07) is -0.0836. The van der Waals surface area contributed by atoms with Gasteiger partial charge in [-0.2, -0.15) is 18.3 Å². The molecule has 1 aromatic heterocycles. The smallest absolute Gasteiger partial charge is 0.262 e. The third-order valence-electron chi connectivity index (χ3n) is 2.78. The largest absolute Gasteiger partial charge is 0.435 e. The molecule has 0 aromatic carbocycles. The third kappa shape index (κ3) is 1.54. The molecule has 2 nitrogen and oxygen atoms in total. The number of rotatable bonds is 1. The fraction of sp³-hybridized carbons (Fsp3) is 0.545. The minimum Gasteiger partial charge on any atom is -0.262 e. The quantitative estimate of drug-likeness (QED) is 0.722. The van der Waals surface area contributed by atoms with Crippen LogP contribution in [-0.2, 0) is 12.6 Å². The molecule has 2 rings (SSSR count). The summed E-state index contributed by atoms with van der Waals surface area (Å²) >= 11 is 0. The Hall–Kier alpha value is -1.26. The average Bonchev–Trinajstić information content (AvgIpc) is 2.65. The molecule has 0 N–H and O–H groups in total. The lowest BCUT2D eigenvalue weighted by Crippen LogP contribution is -2.11. The normalized spacial score (nSPS) is 16.0. The molecule has 0 saturated heterocycles. The molecule has 1 aliphatic carbocycles. The van der Waals surface area contributed by atoms with Crippen LogP contribution in [-0.4, -0.2) is 9.78 Å². The number of halogens is 3. The van der Waals surface area contributed by atoms with Crippen LogP contribution in [0.15, 0.2) is 6.58 Å². The Morgan fingerprint density at radius 3 is 2.44 bits per heavy atom. The molecule has 0 spiro atoms. The molecule has 0 saturated carbocycles. The molecule has 88 valence electrons. The van der Waals surface area contributed by atoms with Gasteiger partial charge in [0.15, 0.2) is 5.69 Å². The summed E-state index contributed by atoms with van der Waals surface area (Å²) in [7, 11) is 0. The Labute approximate surface area is 91.8 Å². The highest BCUT2D eigenvalue weighted by molar-refractivity contribution is 5.69. The van der Waals surface area contributed by atoms with E-state index >= 15 is 0 Å². The van der Waals surface area contributed by atoms with E-state index in [1.807, 2.05) is 13.8 Å². The van der Waals surface area contributed by atoms with Crippen LogP contribution < -0.4 is 0 Å². The highest BCUT2D eigenvalue weighted by Crippen LogP contribution is 2.41. The standard InChI is InChI=1S/C11H13F3N2/c1-6(2)16-9-7(3)4-5-8(9)10(15-16)11(12,13)14/h6H,3-5H2,1-2H3. The van der Waals surface area contributed by atoms with Crippen LogP contribution in [0.25, 0.3) is 5.57 Å². The summed E-state index contributed by atoms with van der Waals surface area (Å²) < 4.78 is 39.7. The SMILES string of the molecule is C=C1CCc2c(C(F)(F)F)nn(C(C)C)c21. The summed E-state index contributed by atoms with van der Waals surface area (Å²) in [5.74, 6) is 0. The van der Waals surface area contributed by atoms with Crippen LogP contribution in [0.2, 0.25) is 0 Å². The zero-order chi connectivity index (χ0) is 12.1. The van der Waals surface area contributed by atoms with Gasteiger partial charge in [-0.05, 0) is 32.3 Å². The molecular weight excluding hydrogens is 217 g/mol. The van der Waals surface area contributed by atoms with Gasteiger partial charge in [0.1, 0.15) is 0 Å². The van der Waals surface area contributed by atoms with Gasteiger partial charge in [-0.1, -0.05) is 6.58 Å². The van der Waals surface area contributed by atoms with Crippen LogP contribution in [0.1, 0.15) is 43.3 Å². The van der Waals surface area contributed by atoms with Crippen LogP contribution >= 0.6 is 0 Å². The van der Waals surface area contributed by atoms with Crippen molar-refractivity contribution < 1.29 is 13.2 Å². The van der Waals surface area contributed by atoms with Gasteiger partial charge in [-0.25, -0.2) is 0 Å². The van der Waals surface area contributed by atoms with Crippen LogP contribution in [0.4, 0.5) is 13.2 Å². The number of hydrogen-bond donors (Lipinski definition) is 0. The predicted octanol–water partition coefficient (Wildman–Crippen LogP) is 3.44. The average molecular weight is 230 g/mol. The molecule has 5 heteroatoms. The molecule has 0 atom stereocenters. The van der Waals surface area contributed by atoms with Crippen molar-refractivity contribution in [2.45, 2.75) is 38.9 Å². The Kier molecular flexibility index (Phi) is 2.36. The molecule has 1 aromatic rings. The predicted molar refractivity (Wildman–Crippen MR) is 55.0 cm³/mol. The highest BCUT2D eigenvalue weighted by Gasteiger charge is 2.41. The van der Waals surface area contributed by atoms with Crippen molar-refractivity contribution in [3.8, 4) is 0 Å². The summed E-state index contributed by atoms with van der Waals surface area (Å²) in [6.07, 6.45) is -3.37. The highest BCUT2D eigenvalue weighted by atomic mass is 19.4. The zero-order valence-corrected chi connectivity index (χ0v) is 9.23. The van der Waals surface area contributed by atoms with E-state index in [9.17, 15) is 13.2 Å². The van der Waals surface area contributed by atoms with Gasteiger partial charge in [0.05, 0.1) is 5.69 Å². The Bertz CT molecular complexity index is 441. The van der Waals surface area contributed by atoms with E-state index in [1.54, 1.807) is 0 Å². The van der Waals surface area contributed by atoms with Gasteiger partial charge in [0.2, 0.25) is 0 Å². The van der Waals surface area contributed by atoms with Crippen molar-refractivity contribution in [2.24, 2.45) is 0 Å². The first-order chi connectivity index (χ1) is 7.32.